The number of anilines is 1. The minimum absolute atomic E-state index is 0.0454. The van der Waals surface area contributed by atoms with E-state index in [9.17, 15) is 4.79 Å². The molecule has 0 aliphatic carbocycles. The van der Waals surface area contributed by atoms with E-state index in [2.05, 4.69) is 22.4 Å². The molecular weight excluding hydrogens is 376 g/mol. The van der Waals surface area contributed by atoms with Crippen molar-refractivity contribution in [3.8, 4) is 0 Å². The Morgan fingerprint density at radius 2 is 2.13 bits per heavy atom. The zero-order valence-corrected chi connectivity index (χ0v) is 18.0. The van der Waals surface area contributed by atoms with Gasteiger partial charge in [0.25, 0.3) is 0 Å². The molecule has 0 radical (unpaired) electrons. The Bertz CT molecular complexity index is 1030. The lowest BCUT2D eigenvalue weighted by Crippen LogP contribution is -2.32. The van der Waals surface area contributed by atoms with Gasteiger partial charge in [0.15, 0.2) is 5.82 Å². The summed E-state index contributed by atoms with van der Waals surface area (Å²) in [5, 5.41) is 4.36. The first-order chi connectivity index (χ1) is 14.6. The van der Waals surface area contributed by atoms with Gasteiger partial charge in [-0.2, -0.15) is 0 Å². The first-order valence-corrected chi connectivity index (χ1v) is 10.6. The normalized spacial score (nSPS) is 16.4. The topological polar surface area (TPSA) is 77.1 Å². The second-order valence-corrected chi connectivity index (χ2v) is 8.11. The molecule has 1 fully saturated rings. The Kier molecular flexibility index (Phi) is 5.99. The number of rotatable bonds is 7. The highest BCUT2D eigenvalue weighted by Crippen LogP contribution is 2.32. The zero-order valence-electron chi connectivity index (χ0n) is 18.0. The van der Waals surface area contributed by atoms with Crippen LogP contribution in [0.2, 0.25) is 0 Å². The van der Waals surface area contributed by atoms with Crippen LogP contribution < -0.4 is 10.2 Å². The number of hydrogen-bond acceptors (Lipinski definition) is 5. The summed E-state index contributed by atoms with van der Waals surface area (Å²) in [6.07, 6.45) is 5.15. The Morgan fingerprint density at radius 3 is 2.93 bits per heavy atom. The lowest BCUT2D eigenvalue weighted by molar-refractivity contribution is -0.132. The summed E-state index contributed by atoms with van der Waals surface area (Å²) >= 11 is 0. The van der Waals surface area contributed by atoms with Crippen molar-refractivity contribution in [3.63, 3.8) is 0 Å². The Morgan fingerprint density at radius 1 is 1.30 bits per heavy atom. The van der Waals surface area contributed by atoms with Crippen molar-refractivity contribution in [1.29, 1.82) is 0 Å². The molecule has 7 heteroatoms. The molecule has 1 aliphatic rings. The highest BCUT2D eigenvalue weighted by atomic mass is 16.2. The number of fused-ring (bicyclic) bond motifs is 1. The number of para-hydroxylation sites is 1. The van der Waals surface area contributed by atoms with Crippen molar-refractivity contribution in [2.45, 2.75) is 38.3 Å². The van der Waals surface area contributed by atoms with Crippen LogP contribution >= 0.6 is 0 Å². The SMILES string of the molecule is CNCc1cc(N(C)C)nc([C@H]2CCCN2C(=O)CCc2c[nH]c3ccccc23)n1. The summed E-state index contributed by atoms with van der Waals surface area (Å²) < 4.78 is 0. The van der Waals surface area contributed by atoms with Crippen LogP contribution in [0.1, 0.15) is 42.4 Å². The number of amides is 1. The van der Waals surface area contributed by atoms with Gasteiger partial charge in [-0.05, 0) is 37.9 Å². The molecule has 2 aromatic heterocycles. The first kappa shape index (κ1) is 20.3. The number of carbonyl (C=O) groups excluding carboxylic acids is 1. The van der Waals surface area contributed by atoms with Gasteiger partial charge >= 0.3 is 0 Å². The number of aromatic nitrogens is 3. The smallest absolute Gasteiger partial charge is 0.223 e. The number of nitrogens with zero attached hydrogens (tertiary/aromatic N) is 4. The van der Waals surface area contributed by atoms with Crippen LogP contribution in [0.4, 0.5) is 5.82 Å². The predicted octanol–water partition coefficient (Wildman–Crippen LogP) is 3.04. The molecule has 0 saturated carbocycles. The monoisotopic (exact) mass is 406 g/mol. The minimum atomic E-state index is -0.0454. The van der Waals surface area contributed by atoms with Crippen molar-refractivity contribution in [2.24, 2.45) is 0 Å². The molecule has 1 amide bonds. The van der Waals surface area contributed by atoms with E-state index in [4.69, 9.17) is 9.97 Å². The van der Waals surface area contributed by atoms with Crippen LogP contribution in [-0.2, 0) is 17.8 Å². The molecule has 1 aliphatic heterocycles. The van der Waals surface area contributed by atoms with Crippen LogP contribution in [-0.4, -0.2) is 53.4 Å². The third-order valence-corrected chi connectivity index (χ3v) is 5.75. The lowest BCUT2D eigenvalue weighted by Gasteiger charge is -2.25. The fourth-order valence-corrected chi connectivity index (χ4v) is 4.21. The van der Waals surface area contributed by atoms with Crippen molar-refractivity contribution in [2.75, 3.05) is 32.6 Å². The van der Waals surface area contributed by atoms with Crippen LogP contribution in [0.3, 0.4) is 0 Å². The average molecular weight is 407 g/mol. The molecular formula is C23H30N6O. The number of aromatic amines is 1. The van der Waals surface area contributed by atoms with Gasteiger partial charge in [-0.25, -0.2) is 9.97 Å². The molecule has 0 spiro atoms. The summed E-state index contributed by atoms with van der Waals surface area (Å²) in [4.78, 5) is 29.9. The van der Waals surface area contributed by atoms with E-state index < -0.39 is 0 Å². The van der Waals surface area contributed by atoms with Crippen molar-refractivity contribution in [3.05, 3.63) is 53.6 Å². The second kappa shape index (κ2) is 8.83. The standard InChI is InChI=1S/C23H30N6O/c1-24-15-17-13-21(28(2)3)27-23(26-17)20-9-6-12-29(20)22(30)11-10-16-14-25-19-8-5-4-7-18(16)19/h4-5,7-8,13-14,20,24-25H,6,9-12,15H2,1-3H3/t20-/m1/s1. The summed E-state index contributed by atoms with van der Waals surface area (Å²) in [6, 6.07) is 10.2. The number of nitrogens with one attached hydrogen (secondary N) is 2. The molecule has 0 bridgehead atoms. The molecule has 3 aromatic rings. The highest BCUT2D eigenvalue weighted by Gasteiger charge is 2.32. The summed E-state index contributed by atoms with van der Waals surface area (Å²) in [7, 11) is 5.87. The van der Waals surface area contributed by atoms with Crippen LogP contribution in [0.5, 0.6) is 0 Å². The molecule has 2 N–H and O–H groups in total. The van der Waals surface area contributed by atoms with Crippen molar-refractivity contribution < 1.29 is 4.79 Å². The molecule has 1 atom stereocenters. The van der Waals surface area contributed by atoms with Crippen LogP contribution in [0.15, 0.2) is 36.5 Å². The second-order valence-electron chi connectivity index (χ2n) is 8.11. The van der Waals surface area contributed by atoms with E-state index in [1.54, 1.807) is 0 Å². The van der Waals surface area contributed by atoms with Crippen molar-refractivity contribution in [1.82, 2.24) is 25.2 Å². The van der Waals surface area contributed by atoms with E-state index in [1.165, 1.54) is 10.9 Å². The maximum Gasteiger partial charge on any atom is 0.223 e. The third-order valence-electron chi connectivity index (χ3n) is 5.75. The van der Waals surface area contributed by atoms with Gasteiger partial charge in [0.1, 0.15) is 5.82 Å². The van der Waals surface area contributed by atoms with Crippen molar-refractivity contribution >= 4 is 22.6 Å². The van der Waals surface area contributed by atoms with Gasteiger partial charge in [-0.15, -0.1) is 0 Å². The van der Waals surface area contributed by atoms with Gasteiger partial charge in [-0.1, -0.05) is 18.2 Å². The van der Waals surface area contributed by atoms with Crippen LogP contribution in [0, 0.1) is 0 Å². The van der Waals surface area contributed by atoms with E-state index >= 15 is 0 Å². The zero-order chi connectivity index (χ0) is 21.1. The number of aryl methyl sites for hydroxylation is 1. The van der Waals surface area contributed by atoms with Gasteiger partial charge in [0.05, 0.1) is 11.7 Å². The van der Waals surface area contributed by atoms with E-state index in [0.29, 0.717) is 13.0 Å². The largest absolute Gasteiger partial charge is 0.363 e. The fraction of sp³-hybridized carbons (Fsp3) is 0.435. The number of hydrogen-bond donors (Lipinski definition) is 2. The molecule has 0 unspecified atom stereocenters. The Balaban J connectivity index is 1.51. The average Bonchev–Trinajstić information content (AvgIpc) is 3.39. The Hall–Kier alpha value is -2.93. The van der Waals surface area contributed by atoms with Gasteiger partial charge in [-0.3, -0.25) is 4.79 Å². The van der Waals surface area contributed by atoms with E-state index in [0.717, 1.165) is 48.7 Å². The summed E-state index contributed by atoms with van der Waals surface area (Å²) in [5.41, 5.74) is 3.26. The minimum Gasteiger partial charge on any atom is -0.363 e. The lowest BCUT2D eigenvalue weighted by atomic mass is 10.1. The van der Waals surface area contributed by atoms with Gasteiger partial charge in [0, 0.05) is 56.8 Å². The number of H-pyrrole nitrogens is 1. The quantitative estimate of drug-likeness (QED) is 0.631. The molecule has 7 nitrogen and oxygen atoms in total. The van der Waals surface area contributed by atoms with E-state index in [-0.39, 0.29) is 11.9 Å². The van der Waals surface area contributed by atoms with Crippen LogP contribution in [0.25, 0.3) is 10.9 Å². The first-order valence-electron chi connectivity index (χ1n) is 10.6. The predicted molar refractivity (Wildman–Crippen MR) is 119 cm³/mol. The highest BCUT2D eigenvalue weighted by molar-refractivity contribution is 5.84. The fourth-order valence-electron chi connectivity index (χ4n) is 4.21. The van der Waals surface area contributed by atoms with E-state index in [1.807, 2.05) is 55.3 Å². The number of carbonyl (C=O) groups is 1. The molecule has 1 saturated heterocycles. The Labute approximate surface area is 177 Å². The molecule has 4 rings (SSSR count). The maximum absolute atomic E-state index is 13.1. The third kappa shape index (κ3) is 4.16. The summed E-state index contributed by atoms with van der Waals surface area (Å²) in [5.74, 6) is 1.81. The van der Waals surface area contributed by atoms with Gasteiger partial charge in [0.2, 0.25) is 5.91 Å². The molecule has 158 valence electrons. The maximum atomic E-state index is 13.1. The number of likely N-dealkylation sites (tertiary alicyclic amines) is 1. The molecule has 3 heterocycles. The number of benzene rings is 1. The molecule has 30 heavy (non-hydrogen) atoms. The molecule has 1 aromatic carbocycles. The summed E-state index contributed by atoms with van der Waals surface area (Å²) in [6.45, 7) is 1.45. The van der Waals surface area contributed by atoms with Gasteiger partial charge < -0.3 is 20.1 Å².